The number of carbonyl (C=O) groups excluding carboxylic acids is 2. The Morgan fingerprint density at radius 2 is 1.85 bits per heavy atom. The number of amides is 2. The summed E-state index contributed by atoms with van der Waals surface area (Å²) in [6.45, 7) is 6.26. The first-order chi connectivity index (χ1) is 19.1. The van der Waals surface area contributed by atoms with E-state index in [4.69, 9.17) is 9.47 Å². The first-order valence-electron chi connectivity index (χ1n) is 14.8. The molecule has 10 heteroatoms. The molecule has 4 rings (SSSR count). The van der Waals surface area contributed by atoms with Crippen molar-refractivity contribution < 1.29 is 33.4 Å². The molecule has 222 valence electrons. The van der Waals surface area contributed by atoms with E-state index in [1.807, 2.05) is 28.0 Å². The van der Waals surface area contributed by atoms with Crippen LogP contribution in [0.5, 0.6) is 11.5 Å². The Morgan fingerprint density at radius 3 is 2.52 bits per heavy atom. The lowest BCUT2D eigenvalue weighted by Gasteiger charge is -2.32. The normalized spacial score (nSPS) is 22.8. The van der Waals surface area contributed by atoms with Crippen LogP contribution in [0, 0.1) is 5.92 Å². The first kappa shape index (κ1) is 30.1. The van der Waals surface area contributed by atoms with E-state index in [1.165, 1.54) is 0 Å². The standard InChI is InChI=1S/C30H46N4O6/c1-5-6-13-31(14-7-8-16-34(2,3)4)28(36)20-33-18-23(22-11-12-25-26(17-22)40-21-39-25)29(30(37)38)24(33)19-32-15-9-10-27(32)35/h11-12,17,23-24,29H,5-10,13-16,18-21H2,1-4H3/p+1/t23-,24+,29?/m1/s1. The van der Waals surface area contributed by atoms with Crippen molar-refractivity contribution in [3.8, 4) is 11.5 Å². The SMILES string of the molecule is CCCCN(CCCC[N+](C)(C)C)C(=O)CN1C[C@H](c2ccc3c(c2)OCO3)C(C(=O)O)[C@@H]1CN1CCCC1=O. The summed E-state index contributed by atoms with van der Waals surface area (Å²) in [4.78, 5) is 44.8. The summed E-state index contributed by atoms with van der Waals surface area (Å²) >= 11 is 0. The van der Waals surface area contributed by atoms with Crippen LogP contribution < -0.4 is 9.47 Å². The van der Waals surface area contributed by atoms with Crippen LogP contribution in [-0.2, 0) is 14.4 Å². The minimum atomic E-state index is -0.905. The van der Waals surface area contributed by atoms with E-state index < -0.39 is 17.9 Å². The molecule has 0 aliphatic carbocycles. The molecule has 0 spiro atoms. The molecule has 0 aromatic heterocycles. The number of aliphatic carboxylic acids is 1. The quantitative estimate of drug-likeness (QED) is 0.276. The molecule has 0 bridgehead atoms. The van der Waals surface area contributed by atoms with Gasteiger partial charge in [0.05, 0.1) is 40.2 Å². The molecule has 10 nitrogen and oxygen atoms in total. The van der Waals surface area contributed by atoms with Crippen LogP contribution >= 0.6 is 0 Å². The third-order valence-electron chi connectivity index (χ3n) is 8.42. The number of rotatable bonds is 14. The maximum atomic E-state index is 13.7. The van der Waals surface area contributed by atoms with Crippen molar-refractivity contribution >= 4 is 17.8 Å². The number of likely N-dealkylation sites (tertiary alicyclic amines) is 2. The smallest absolute Gasteiger partial charge is 0.308 e. The number of unbranched alkanes of at least 4 members (excludes halogenated alkanes) is 2. The number of ether oxygens (including phenoxy) is 2. The lowest BCUT2D eigenvalue weighted by atomic mass is 9.85. The zero-order valence-electron chi connectivity index (χ0n) is 24.6. The zero-order valence-corrected chi connectivity index (χ0v) is 24.6. The Balaban J connectivity index is 1.54. The third-order valence-corrected chi connectivity index (χ3v) is 8.42. The van der Waals surface area contributed by atoms with Crippen LogP contribution in [0.1, 0.15) is 56.9 Å². The van der Waals surface area contributed by atoms with E-state index in [1.54, 1.807) is 4.90 Å². The van der Waals surface area contributed by atoms with Gasteiger partial charge in [0.15, 0.2) is 11.5 Å². The molecule has 40 heavy (non-hydrogen) atoms. The molecule has 2 fully saturated rings. The van der Waals surface area contributed by atoms with Gasteiger partial charge in [-0.1, -0.05) is 19.4 Å². The van der Waals surface area contributed by atoms with E-state index in [2.05, 4.69) is 28.1 Å². The van der Waals surface area contributed by atoms with Crippen LogP contribution in [0.4, 0.5) is 0 Å². The molecule has 0 radical (unpaired) electrons. The minimum Gasteiger partial charge on any atom is -0.481 e. The van der Waals surface area contributed by atoms with Crippen LogP contribution in [-0.4, -0.2) is 122 Å². The summed E-state index contributed by atoms with van der Waals surface area (Å²) in [7, 11) is 6.52. The number of hydrogen-bond acceptors (Lipinski definition) is 6. The van der Waals surface area contributed by atoms with Crippen LogP contribution in [0.25, 0.3) is 0 Å². The molecule has 3 heterocycles. The molecule has 1 N–H and O–H groups in total. The Morgan fingerprint density at radius 1 is 1.10 bits per heavy atom. The van der Waals surface area contributed by atoms with Crippen molar-refractivity contribution in [3.63, 3.8) is 0 Å². The predicted molar refractivity (Wildman–Crippen MR) is 151 cm³/mol. The molecule has 3 aliphatic heterocycles. The first-order valence-corrected chi connectivity index (χ1v) is 14.8. The monoisotopic (exact) mass is 559 g/mol. The number of fused-ring (bicyclic) bond motifs is 1. The van der Waals surface area contributed by atoms with Gasteiger partial charge in [0.2, 0.25) is 18.6 Å². The van der Waals surface area contributed by atoms with Crippen molar-refractivity contribution in [1.82, 2.24) is 14.7 Å². The molecule has 1 aromatic rings. The van der Waals surface area contributed by atoms with Gasteiger partial charge in [0, 0.05) is 51.1 Å². The Hall–Kier alpha value is -2.85. The largest absolute Gasteiger partial charge is 0.481 e. The fourth-order valence-corrected chi connectivity index (χ4v) is 6.20. The van der Waals surface area contributed by atoms with Gasteiger partial charge in [-0.3, -0.25) is 19.3 Å². The van der Waals surface area contributed by atoms with Crippen molar-refractivity contribution in [1.29, 1.82) is 0 Å². The highest BCUT2D eigenvalue weighted by atomic mass is 16.7. The van der Waals surface area contributed by atoms with E-state index in [0.717, 1.165) is 48.7 Å². The van der Waals surface area contributed by atoms with Gasteiger partial charge in [-0.05, 0) is 43.4 Å². The van der Waals surface area contributed by atoms with Gasteiger partial charge in [-0.2, -0.15) is 0 Å². The molecular formula is C30H47N4O6+. The number of quaternary nitrogens is 1. The van der Waals surface area contributed by atoms with Crippen molar-refractivity contribution in [2.45, 2.75) is 57.4 Å². The third kappa shape index (κ3) is 7.46. The van der Waals surface area contributed by atoms with Gasteiger partial charge in [0.25, 0.3) is 0 Å². The lowest BCUT2D eigenvalue weighted by Crippen LogP contribution is -2.49. The molecule has 2 amide bonds. The van der Waals surface area contributed by atoms with Gasteiger partial charge < -0.3 is 28.9 Å². The van der Waals surface area contributed by atoms with E-state index in [9.17, 15) is 19.5 Å². The zero-order chi connectivity index (χ0) is 28.9. The van der Waals surface area contributed by atoms with Gasteiger partial charge >= 0.3 is 5.97 Å². The topological polar surface area (TPSA) is 99.6 Å². The maximum Gasteiger partial charge on any atom is 0.308 e. The summed E-state index contributed by atoms with van der Waals surface area (Å²) < 4.78 is 11.9. The Kier molecular flexibility index (Phi) is 9.94. The summed E-state index contributed by atoms with van der Waals surface area (Å²) in [5.41, 5.74) is 0.854. The second-order valence-electron chi connectivity index (χ2n) is 12.5. The highest BCUT2D eigenvalue weighted by molar-refractivity contribution is 5.80. The summed E-state index contributed by atoms with van der Waals surface area (Å²) in [5.74, 6) is -0.641. The second-order valence-corrected chi connectivity index (χ2v) is 12.5. The fourth-order valence-electron chi connectivity index (χ4n) is 6.20. The minimum absolute atomic E-state index is 0.0342. The van der Waals surface area contributed by atoms with Crippen LogP contribution in [0.3, 0.4) is 0 Å². The average molecular weight is 560 g/mol. The van der Waals surface area contributed by atoms with Crippen molar-refractivity contribution in [2.24, 2.45) is 5.92 Å². The molecule has 3 aliphatic rings. The number of benzene rings is 1. The maximum absolute atomic E-state index is 13.7. The molecular weight excluding hydrogens is 512 g/mol. The number of carbonyl (C=O) groups is 3. The lowest BCUT2D eigenvalue weighted by molar-refractivity contribution is -0.870. The number of nitrogens with zero attached hydrogens (tertiary/aromatic N) is 4. The second kappa shape index (κ2) is 13.2. The van der Waals surface area contributed by atoms with E-state index in [0.29, 0.717) is 50.6 Å². The highest BCUT2D eigenvalue weighted by Gasteiger charge is 2.48. The molecule has 1 unspecified atom stereocenters. The Labute approximate surface area is 238 Å². The average Bonchev–Trinajstić information content (AvgIpc) is 3.62. The highest BCUT2D eigenvalue weighted by Crippen LogP contribution is 2.42. The van der Waals surface area contributed by atoms with E-state index >= 15 is 0 Å². The Bertz CT molecular complexity index is 1060. The van der Waals surface area contributed by atoms with Gasteiger partial charge in [-0.25, -0.2) is 0 Å². The van der Waals surface area contributed by atoms with E-state index in [-0.39, 0.29) is 31.1 Å². The number of hydrogen-bond donors (Lipinski definition) is 1. The predicted octanol–water partition coefficient (Wildman–Crippen LogP) is 2.62. The number of carboxylic acid groups (broad SMARTS) is 1. The molecule has 0 saturated carbocycles. The van der Waals surface area contributed by atoms with Crippen molar-refractivity contribution in [2.75, 3.05) is 73.7 Å². The van der Waals surface area contributed by atoms with Crippen molar-refractivity contribution in [3.05, 3.63) is 23.8 Å². The molecule has 3 atom stereocenters. The summed E-state index contributed by atoms with van der Waals surface area (Å²) in [6, 6.07) is 5.14. The van der Waals surface area contributed by atoms with Crippen LogP contribution in [0.15, 0.2) is 18.2 Å². The van der Waals surface area contributed by atoms with Crippen LogP contribution in [0.2, 0.25) is 0 Å². The van der Waals surface area contributed by atoms with Gasteiger partial charge in [-0.15, -0.1) is 0 Å². The number of carboxylic acids is 1. The molecule has 1 aromatic carbocycles. The fraction of sp³-hybridized carbons (Fsp3) is 0.700. The summed E-state index contributed by atoms with van der Waals surface area (Å²) in [6.07, 6.45) is 5.19. The summed E-state index contributed by atoms with van der Waals surface area (Å²) in [5, 5.41) is 10.5. The van der Waals surface area contributed by atoms with Gasteiger partial charge in [0.1, 0.15) is 0 Å². The molecule has 2 saturated heterocycles.